The van der Waals surface area contributed by atoms with Crippen LogP contribution in [0.3, 0.4) is 0 Å². The summed E-state index contributed by atoms with van der Waals surface area (Å²) < 4.78 is 27.0. The van der Waals surface area contributed by atoms with Crippen LogP contribution in [-0.4, -0.2) is 20.2 Å². The van der Waals surface area contributed by atoms with Crippen molar-refractivity contribution in [1.29, 1.82) is 0 Å². The molecule has 1 aliphatic rings. The molecule has 0 radical (unpaired) electrons. The lowest BCUT2D eigenvalue weighted by molar-refractivity contribution is 0.0879. The molecule has 0 unspecified atom stereocenters. The van der Waals surface area contributed by atoms with Gasteiger partial charge in [0.1, 0.15) is 0 Å². The predicted molar refractivity (Wildman–Crippen MR) is 80.2 cm³/mol. The fraction of sp³-hybridized carbons (Fsp3) is 0.0667. The van der Waals surface area contributed by atoms with Crippen LogP contribution < -0.4 is 10.0 Å². The van der Waals surface area contributed by atoms with Crippen LogP contribution in [0.2, 0.25) is 0 Å². The number of benzene rings is 2. The van der Waals surface area contributed by atoms with Gasteiger partial charge in [-0.3, -0.25) is 19.6 Å². The number of nitrogens with one attached hydrogen (secondary N) is 2. The normalized spacial score (nSPS) is 13.7. The molecule has 0 saturated heterocycles. The van der Waals surface area contributed by atoms with E-state index in [1.165, 1.54) is 30.3 Å². The third-order valence-electron chi connectivity index (χ3n) is 3.32. The fourth-order valence-electron chi connectivity index (χ4n) is 2.16. The van der Waals surface area contributed by atoms with Crippen molar-refractivity contribution in [2.45, 2.75) is 11.8 Å². The molecule has 7 heteroatoms. The molecule has 0 bridgehead atoms. The number of amides is 2. The first-order valence-electron chi connectivity index (χ1n) is 6.46. The molecule has 0 saturated carbocycles. The lowest BCUT2D eigenvalue weighted by Crippen LogP contribution is -2.19. The van der Waals surface area contributed by atoms with Crippen LogP contribution in [0.4, 0.5) is 5.69 Å². The average Bonchev–Trinajstić information content (AvgIpc) is 2.74. The Morgan fingerprint density at radius 3 is 2.23 bits per heavy atom. The molecule has 112 valence electrons. The maximum absolute atomic E-state index is 12.3. The van der Waals surface area contributed by atoms with E-state index in [1.807, 2.05) is 6.92 Å². The molecule has 6 nitrogen and oxygen atoms in total. The van der Waals surface area contributed by atoms with Crippen molar-refractivity contribution in [2.75, 3.05) is 4.72 Å². The minimum absolute atomic E-state index is 0.124. The standard InChI is InChI=1S/C15H12N2O4S/c1-9-2-5-11(6-3-9)22(20,21)17-10-4-7-12-13(8-10)15(19)16-14(12)18/h2-8,17H,1H3,(H,16,18,19). The highest BCUT2D eigenvalue weighted by Crippen LogP contribution is 2.22. The lowest BCUT2D eigenvalue weighted by atomic mass is 10.1. The summed E-state index contributed by atoms with van der Waals surface area (Å²) in [6.45, 7) is 1.86. The number of aryl methyl sites for hydroxylation is 1. The average molecular weight is 316 g/mol. The van der Waals surface area contributed by atoms with E-state index in [9.17, 15) is 18.0 Å². The molecule has 0 aliphatic carbocycles. The second-order valence-electron chi connectivity index (χ2n) is 4.96. The highest BCUT2D eigenvalue weighted by atomic mass is 32.2. The zero-order chi connectivity index (χ0) is 15.9. The first kappa shape index (κ1) is 14.3. The van der Waals surface area contributed by atoms with E-state index in [4.69, 9.17) is 0 Å². The number of imide groups is 1. The Morgan fingerprint density at radius 1 is 0.909 bits per heavy atom. The van der Waals surface area contributed by atoms with Gasteiger partial charge in [-0.05, 0) is 37.3 Å². The summed E-state index contributed by atoms with van der Waals surface area (Å²) in [5.74, 6) is -1.01. The van der Waals surface area contributed by atoms with Gasteiger partial charge >= 0.3 is 0 Å². The van der Waals surface area contributed by atoms with Gasteiger partial charge in [0, 0.05) is 5.69 Å². The van der Waals surface area contributed by atoms with E-state index < -0.39 is 21.8 Å². The minimum atomic E-state index is -3.75. The maximum Gasteiger partial charge on any atom is 0.261 e. The summed E-state index contributed by atoms with van der Waals surface area (Å²) in [7, 11) is -3.75. The van der Waals surface area contributed by atoms with Crippen molar-refractivity contribution in [1.82, 2.24) is 5.32 Å². The number of hydrogen-bond donors (Lipinski definition) is 2. The van der Waals surface area contributed by atoms with Crippen LogP contribution in [0.15, 0.2) is 47.4 Å². The zero-order valence-electron chi connectivity index (χ0n) is 11.6. The second kappa shape index (κ2) is 4.96. The largest absolute Gasteiger partial charge is 0.288 e. The van der Waals surface area contributed by atoms with E-state index in [0.29, 0.717) is 0 Å². The van der Waals surface area contributed by atoms with Gasteiger partial charge in [-0.15, -0.1) is 0 Å². The van der Waals surface area contributed by atoms with Gasteiger partial charge in [-0.2, -0.15) is 0 Å². The Balaban J connectivity index is 1.93. The highest BCUT2D eigenvalue weighted by Gasteiger charge is 2.27. The van der Waals surface area contributed by atoms with Crippen molar-refractivity contribution in [3.8, 4) is 0 Å². The maximum atomic E-state index is 12.3. The van der Waals surface area contributed by atoms with Crippen LogP contribution in [-0.2, 0) is 10.0 Å². The summed E-state index contributed by atoms with van der Waals surface area (Å²) in [6.07, 6.45) is 0. The molecule has 1 heterocycles. The molecule has 0 fully saturated rings. The van der Waals surface area contributed by atoms with Crippen LogP contribution in [0, 0.1) is 6.92 Å². The second-order valence-corrected chi connectivity index (χ2v) is 6.64. The van der Waals surface area contributed by atoms with Gasteiger partial charge in [0.05, 0.1) is 16.0 Å². The molecule has 2 amide bonds. The fourth-order valence-corrected chi connectivity index (χ4v) is 3.21. The number of carbonyl (C=O) groups excluding carboxylic acids is 2. The summed E-state index contributed by atoms with van der Waals surface area (Å²) in [6, 6.07) is 10.6. The molecule has 0 aromatic heterocycles. The van der Waals surface area contributed by atoms with Gasteiger partial charge in [-0.25, -0.2) is 8.42 Å². The Bertz CT molecular complexity index is 886. The third kappa shape index (κ3) is 2.46. The van der Waals surface area contributed by atoms with Crippen LogP contribution in [0.5, 0.6) is 0 Å². The molecule has 3 rings (SSSR count). The Hall–Kier alpha value is -2.67. The summed E-state index contributed by atoms with van der Waals surface area (Å²) in [4.78, 5) is 23.2. The van der Waals surface area contributed by atoms with Gasteiger partial charge in [0.2, 0.25) is 0 Å². The number of sulfonamides is 1. The number of carbonyl (C=O) groups is 2. The smallest absolute Gasteiger partial charge is 0.261 e. The van der Waals surface area contributed by atoms with Crippen LogP contribution in [0.25, 0.3) is 0 Å². The predicted octanol–water partition coefficient (Wildman–Crippen LogP) is 1.68. The third-order valence-corrected chi connectivity index (χ3v) is 4.72. The molecule has 1 aliphatic heterocycles. The quantitative estimate of drug-likeness (QED) is 0.843. The monoisotopic (exact) mass is 316 g/mol. The first-order chi connectivity index (χ1) is 10.4. The zero-order valence-corrected chi connectivity index (χ0v) is 12.4. The number of hydrogen-bond acceptors (Lipinski definition) is 4. The summed E-state index contributed by atoms with van der Waals surface area (Å²) in [5.41, 5.74) is 1.58. The van der Waals surface area contributed by atoms with Gasteiger partial charge in [0.25, 0.3) is 21.8 Å². The van der Waals surface area contributed by atoms with Crippen molar-refractivity contribution in [2.24, 2.45) is 0 Å². The van der Waals surface area contributed by atoms with Crippen molar-refractivity contribution in [3.63, 3.8) is 0 Å². The van der Waals surface area contributed by atoms with E-state index in [0.717, 1.165) is 5.56 Å². The molecule has 2 N–H and O–H groups in total. The lowest BCUT2D eigenvalue weighted by Gasteiger charge is -2.09. The summed E-state index contributed by atoms with van der Waals surface area (Å²) in [5, 5.41) is 2.16. The molecular weight excluding hydrogens is 304 g/mol. The Kier molecular flexibility index (Phi) is 3.22. The topological polar surface area (TPSA) is 92.3 Å². The van der Waals surface area contributed by atoms with Gasteiger partial charge in [0.15, 0.2) is 0 Å². The molecule has 0 spiro atoms. The van der Waals surface area contributed by atoms with E-state index in [-0.39, 0.29) is 21.7 Å². The van der Waals surface area contributed by atoms with Crippen molar-refractivity contribution < 1.29 is 18.0 Å². The minimum Gasteiger partial charge on any atom is -0.288 e. The molecule has 2 aromatic carbocycles. The molecule has 0 atom stereocenters. The highest BCUT2D eigenvalue weighted by molar-refractivity contribution is 7.92. The van der Waals surface area contributed by atoms with Crippen molar-refractivity contribution in [3.05, 3.63) is 59.2 Å². The number of fused-ring (bicyclic) bond motifs is 1. The SMILES string of the molecule is Cc1ccc(S(=O)(=O)Nc2ccc3c(c2)C(=O)NC3=O)cc1. The van der Waals surface area contributed by atoms with Crippen molar-refractivity contribution >= 4 is 27.5 Å². The van der Waals surface area contributed by atoms with E-state index in [1.54, 1.807) is 12.1 Å². The van der Waals surface area contributed by atoms with E-state index >= 15 is 0 Å². The Morgan fingerprint density at radius 2 is 1.55 bits per heavy atom. The first-order valence-corrected chi connectivity index (χ1v) is 7.94. The molecular formula is C15H12N2O4S. The van der Waals surface area contributed by atoms with Gasteiger partial charge < -0.3 is 0 Å². The van der Waals surface area contributed by atoms with Crippen LogP contribution >= 0.6 is 0 Å². The van der Waals surface area contributed by atoms with Crippen LogP contribution in [0.1, 0.15) is 26.3 Å². The Labute approximate surface area is 127 Å². The molecule has 2 aromatic rings. The van der Waals surface area contributed by atoms with E-state index in [2.05, 4.69) is 10.0 Å². The molecule has 22 heavy (non-hydrogen) atoms. The number of rotatable bonds is 3. The van der Waals surface area contributed by atoms with Gasteiger partial charge in [-0.1, -0.05) is 17.7 Å². The summed E-state index contributed by atoms with van der Waals surface area (Å²) >= 11 is 0. The number of anilines is 1.